The molecule has 0 spiro atoms. The van der Waals surface area contributed by atoms with Gasteiger partial charge in [0.05, 0.1) is 51.8 Å². The number of carbonyl (C=O) groups excluding carboxylic acids is 4. The van der Waals surface area contributed by atoms with Gasteiger partial charge in [-0.15, -0.1) is 0 Å². The first-order chi connectivity index (χ1) is 29.8. The fraction of sp³-hybridized carbons (Fsp3) is 0.792. The first-order valence-corrected chi connectivity index (χ1v) is 23.7. The molecule has 14 nitrogen and oxygen atoms in total. The Balaban J connectivity index is 0.759. The third kappa shape index (κ3) is 11.1. The summed E-state index contributed by atoms with van der Waals surface area (Å²) in [6, 6.07) is 3.46. The summed E-state index contributed by atoms with van der Waals surface area (Å²) in [6.45, 7) is 17.0. The number of aliphatic hydroxyl groups excluding tert-OH is 2. The Morgan fingerprint density at radius 2 is 1.53 bits per heavy atom. The number of nitrogens with zero attached hydrogens (tertiary/aromatic N) is 2. The summed E-state index contributed by atoms with van der Waals surface area (Å²) in [7, 11) is 0. The topological polar surface area (TPSA) is 180 Å². The van der Waals surface area contributed by atoms with Crippen LogP contribution in [-0.4, -0.2) is 123 Å². The molecule has 348 valence electrons. The van der Waals surface area contributed by atoms with Crippen molar-refractivity contribution in [3.05, 3.63) is 30.5 Å². The first kappa shape index (κ1) is 48.2. The number of anilines is 1. The van der Waals surface area contributed by atoms with Gasteiger partial charge in [0.2, 0.25) is 29.5 Å². The maximum Gasteiger partial charge on any atom is 0.248 e. The highest BCUT2D eigenvalue weighted by Crippen LogP contribution is 2.69. The molecule has 4 N–H and O–H groups in total. The number of rotatable bonds is 22. The van der Waals surface area contributed by atoms with Gasteiger partial charge in [-0.2, -0.15) is 0 Å². The summed E-state index contributed by atoms with van der Waals surface area (Å²) < 4.78 is 22.6. The predicted molar refractivity (Wildman–Crippen MR) is 235 cm³/mol. The van der Waals surface area contributed by atoms with Crippen LogP contribution in [0, 0.1) is 52.3 Å². The molecule has 5 fully saturated rings. The molecule has 11 atom stereocenters. The van der Waals surface area contributed by atoms with Crippen molar-refractivity contribution in [1.29, 1.82) is 0 Å². The Kier molecular flexibility index (Phi) is 17.1. The lowest BCUT2D eigenvalue weighted by Gasteiger charge is -2.64. The number of piperazine rings is 1. The number of nitrogens with one attached hydrogen (secondary N) is 2. The van der Waals surface area contributed by atoms with Gasteiger partial charge in [0.1, 0.15) is 12.3 Å². The van der Waals surface area contributed by atoms with Crippen LogP contribution in [0.3, 0.4) is 0 Å². The fourth-order valence-electron chi connectivity index (χ4n) is 12.8. The van der Waals surface area contributed by atoms with Crippen LogP contribution < -0.4 is 15.5 Å². The lowest BCUT2D eigenvalue weighted by Crippen LogP contribution is -2.62. The number of hydrogen-bond acceptors (Lipinski definition) is 10. The van der Waals surface area contributed by atoms with E-state index in [2.05, 4.69) is 44.9 Å². The molecule has 2 heterocycles. The summed E-state index contributed by atoms with van der Waals surface area (Å²) in [5.41, 5.74) is 0.408. The highest BCUT2D eigenvalue weighted by Gasteiger charge is 2.64. The van der Waals surface area contributed by atoms with Crippen LogP contribution in [-0.2, 0) is 39.8 Å². The summed E-state index contributed by atoms with van der Waals surface area (Å²) in [5, 5.41) is 28.4. The van der Waals surface area contributed by atoms with E-state index in [9.17, 15) is 29.4 Å². The van der Waals surface area contributed by atoms with E-state index in [1.54, 1.807) is 12.1 Å². The van der Waals surface area contributed by atoms with Gasteiger partial charge in [-0.05, 0) is 116 Å². The minimum atomic E-state index is -0.282. The van der Waals surface area contributed by atoms with Crippen molar-refractivity contribution in [2.24, 2.45) is 52.3 Å². The summed E-state index contributed by atoms with van der Waals surface area (Å²) in [5.74, 6) is 3.53. The molecule has 2 unspecified atom stereocenters. The van der Waals surface area contributed by atoms with E-state index in [1.165, 1.54) is 41.6 Å². The quantitative estimate of drug-likeness (QED) is 0.0926. The average molecular weight is 869 g/mol. The zero-order chi connectivity index (χ0) is 44.4. The number of amides is 4. The van der Waals surface area contributed by atoms with Crippen molar-refractivity contribution in [3.8, 4) is 0 Å². The zero-order valence-corrected chi connectivity index (χ0v) is 38.0. The summed E-state index contributed by atoms with van der Waals surface area (Å²) >= 11 is 0. The lowest BCUT2D eigenvalue weighted by atomic mass is 9.41. The van der Waals surface area contributed by atoms with Gasteiger partial charge in [0, 0.05) is 51.5 Å². The summed E-state index contributed by atoms with van der Waals surface area (Å²) in [6.07, 6.45) is 11.2. The molecule has 0 bridgehead atoms. The van der Waals surface area contributed by atoms with E-state index in [0.29, 0.717) is 126 Å². The SMILES string of the molecule is C=CC(=O)N1CCN(c2ccc(CCC(=O)NCCOCCOCCOCCNC(=O)CC[C@@H](C)[C@H]3CC[C@H]4[C@@H]5[C@H](O)C(CC)C6C[C@H](O)CC[C@]6(C)[C@H]5CC[C@]34C)o2)C(=O)C1. The van der Waals surface area contributed by atoms with Gasteiger partial charge in [-0.25, -0.2) is 0 Å². The third-order valence-electron chi connectivity index (χ3n) is 16.1. The van der Waals surface area contributed by atoms with E-state index >= 15 is 0 Å². The molecule has 1 aromatic heterocycles. The second-order valence-electron chi connectivity index (χ2n) is 19.4. The number of aliphatic hydroxyl groups is 2. The van der Waals surface area contributed by atoms with E-state index in [1.807, 2.05) is 0 Å². The normalized spacial score (nSPS) is 32.4. The van der Waals surface area contributed by atoms with Crippen molar-refractivity contribution >= 4 is 29.5 Å². The van der Waals surface area contributed by atoms with Crippen molar-refractivity contribution < 1.29 is 48.0 Å². The van der Waals surface area contributed by atoms with Gasteiger partial charge in [-0.1, -0.05) is 40.7 Å². The van der Waals surface area contributed by atoms with Gasteiger partial charge in [-0.3, -0.25) is 24.1 Å². The van der Waals surface area contributed by atoms with Crippen LogP contribution in [0.2, 0.25) is 0 Å². The third-order valence-corrected chi connectivity index (χ3v) is 16.1. The Morgan fingerprint density at radius 3 is 2.19 bits per heavy atom. The maximum absolute atomic E-state index is 12.8. The second-order valence-corrected chi connectivity index (χ2v) is 19.4. The highest BCUT2D eigenvalue weighted by molar-refractivity contribution is 5.98. The number of ether oxygens (including phenoxy) is 3. The maximum atomic E-state index is 12.8. The molecule has 14 heteroatoms. The number of carbonyl (C=O) groups is 4. The molecule has 62 heavy (non-hydrogen) atoms. The number of aryl methyl sites for hydroxylation is 1. The Labute approximate surface area is 369 Å². The number of hydrogen-bond donors (Lipinski definition) is 4. The van der Waals surface area contributed by atoms with Crippen LogP contribution in [0.5, 0.6) is 0 Å². The van der Waals surface area contributed by atoms with E-state index < -0.39 is 0 Å². The van der Waals surface area contributed by atoms with Crippen molar-refractivity contribution in [2.45, 2.75) is 117 Å². The molecular formula is C48H76N4O10. The molecule has 4 saturated carbocycles. The smallest absolute Gasteiger partial charge is 0.248 e. The van der Waals surface area contributed by atoms with Crippen LogP contribution in [0.4, 0.5) is 5.88 Å². The van der Waals surface area contributed by atoms with E-state index in [4.69, 9.17) is 18.6 Å². The zero-order valence-electron chi connectivity index (χ0n) is 38.0. The Morgan fingerprint density at radius 1 is 0.887 bits per heavy atom. The molecule has 4 amide bonds. The van der Waals surface area contributed by atoms with Gasteiger partial charge < -0.3 is 44.4 Å². The average Bonchev–Trinajstić information content (AvgIpc) is 3.88. The molecule has 6 rings (SSSR count). The van der Waals surface area contributed by atoms with Gasteiger partial charge in [0.25, 0.3) is 0 Å². The number of fused-ring (bicyclic) bond motifs is 5. The standard InChI is InChI=1S/C48H76N4O10/c1-6-35-39-30-33(53)16-18-48(39,5)38-17-19-47(4)36(11-12-37(47)45(38)46(35)58)32(3)8-13-40(54)49-20-24-59-26-28-61-29-27-60-25-21-50-41(55)14-9-34-10-15-44(62-34)52-23-22-51(31-43(52)57)42(56)7-2/h7,10,15,32-33,35-39,45-46,53,58H,2,6,8-9,11-14,16-31H2,1,3-5H3,(H,49,54)(H,50,55)/t32-,33-,35?,36-,37+,38+,39?,45+,46-,47-,48-/m1/s1. The number of furan rings is 1. The van der Waals surface area contributed by atoms with E-state index in [-0.39, 0.29) is 65.6 Å². The minimum Gasteiger partial charge on any atom is -0.445 e. The van der Waals surface area contributed by atoms with Crippen LogP contribution in [0.1, 0.15) is 104 Å². The van der Waals surface area contributed by atoms with Crippen molar-refractivity contribution in [2.75, 3.05) is 77.3 Å². The van der Waals surface area contributed by atoms with Crippen molar-refractivity contribution in [1.82, 2.24) is 15.5 Å². The predicted octanol–water partition coefficient (Wildman–Crippen LogP) is 4.90. The highest BCUT2D eigenvalue weighted by atomic mass is 16.5. The molecule has 0 aromatic carbocycles. The fourth-order valence-corrected chi connectivity index (χ4v) is 12.8. The van der Waals surface area contributed by atoms with Crippen LogP contribution in [0.25, 0.3) is 0 Å². The van der Waals surface area contributed by atoms with Gasteiger partial charge >= 0.3 is 0 Å². The van der Waals surface area contributed by atoms with Crippen LogP contribution in [0.15, 0.2) is 29.2 Å². The lowest BCUT2D eigenvalue weighted by molar-refractivity contribution is -0.203. The molecule has 1 aliphatic heterocycles. The second kappa shape index (κ2) is 22.1. The largest absolute Gasteiger partial charge is 0.445 e. The Bertz CT molecular complexity index is 1670. The van der Waals surface area contributed by atoms with Crippen LogP contribution >= 0.6 is 0 Å². The summed E-state index contributed by atoms with van der Waals surface area (Å²) in [4.78, 5) is 52.4. The van der Waals surface area contributed by atoms with Crippen molar-refractivity contribution in [3.63, 3.8) is 0 Å². The molecular weight excluding hydrogens is 793 g/mol. The molecule has 5 aliphatic rings. The monoisotopic (exact) mass is 869 g/mol. The first-order valence-electron chi connectivity index (χ1n) is 23.7. The Hall–Kier alpha value is -3.30. The molecule has 1 aromatic rings. The van der Waals surface area contributed by atoms with Gasteiger partial charge in [0.15, 0.2) is 0 Å². The molecule has 0 radical (unpaired) electrons. The molecule has 4 aliphatic carbocycles. The van der Waals surface area contributed by atoms with E-state index in [0.717, 1.165) is 32.1 Å². The molecule has 1 saturated heterocycles. The minimum absolute atomic E-state index is 0.0278.